The Kier molecular flexibility index (Phi) is 6.45. The molecule has 4 heteroatoms. The first-order valence-electron chi connectivity index (χ1n) is 12.5. The zero-order valence-electron chi connectivity index (χ0n) is 20.0. The van der Waals surface area contributed by atoms with Crippen molar-refractivity contribution in [3.05, 3.63) is 78.0 Å². The lowest BCUT2D eigenvalue weighted by Crippen LogP contribution is -2.37. The fourth-order valence-corrected chi connectivity index (χ4v) is 5.58. The van der Waals surface area contributed by atoms with Crippen LogP contribution in [0.5, 0.6) is 0 Å². The van der Waals surface area contributed by atoms with Gasteiger partial charge in [-0.3, -0.25) is 0 Å². The van der Waals surface area contributed by atoms with E-state index in [0.29, 0.717) is 23.9 Å². The molecule has 1 heterocycles. The molecule has 4 nitrogen and oxygen atoms in total. The zero-order valence-corrected chi connectivity index (χ0v) is 20.0. The summed E-state index contributed by atoms with van der Waals surface area (Å²) in [4.78, 5) is 4.56. The van der Waals surface area contributed by atoms with E-state index < -0.39 is 0 Å². The third kappa shape index (κ3) is 4.81. The molecule has 4 atom stereocenters. The van der Waals surface area contributed by atoms with E-state index in [4.69, 9.17) is 4.52 Å². The highest BCUT2D eigenvalue weighted by Gasteiger charge is 2.29. The third-order valence-corrected chi connectivity index (χ3v) is 7.42. The van der Waals surface area contributed by atoms with Crippen molar-refractivity contribution in [1.29, 1.82) is 0 Å². The highest BCUT2D eigenvalue weighted by molar-refractivity contribution is 5.86. The maximum atomic E-state index is 5.39. The van der Waals surface area contributed by atoms with Crippen LogP contribution in [-0.2, 0) is 0 Å². The molecule has 3 aromatic rings. The molecule has 33 heavy (non-hydrogen) atoms. The van der Waals surface area contributed by atoms with Gasteiger partial charge in [0.2, 0.25) is 11.7 Å². The fourth-order valence-electron chi connectivity index (χ4n) is 5.58. The van der Waals surface area contributed by atoms with Crippen molar-refractivity contribution in [3.63, 3.8) is 0 Å². The van der Waals surface area contributed by atoms with Gasteiger partial charge in [0.05, 0.1) is 0 Å². The van der Waals surface area contributed by atoms with Crippen molar-refractivity contribution < 1.29 is 4.52 Å². The van der Waals surface area contributed by atoms with Crippen LogP contribution >= 0.6 is 0 Å². The van der Waals surface area contributed by atoms with E-state index in [1.165, 1.54) is 42.0 Å². The summed E-state index contributed by atoms with van der Waals surface area (Å²) in [5.41, 5.74) is 2.50. The van der Waals surface area contributed by atoms with Gasteiger partial charge in [0.15, 0.2) is 0 Å². The van der Waals surface area contributed by atoms with Gasteiger partial charge in [-0.05, 0) is 60.8 Å². The summed E-state index contributed by atoms with van der Waals surface area (Å²) >= 11 is 0. The zero-order chi connectivity index (χ0) is 22.8. The maximum Gasteiger partial charge on any atom is 0.229 e. The van der Waals surface area contributed by atoms with E-state index in [2.05, 4.69) is 96.9 Å². The Morgan fingerprint density at radius 3 is 2.67 bits per heavy atom. The number of allylic oxidation sites excluding steroid dienone is 4. The van der Waals surface area contributed by atoms with Gasteiger partial charge in [0.1, 0.15) is 0 Å². The predicted octanol–water partition coefficient (Wildman–Crippen LogP) is 7.22. The smallest absolute Gasteiger partial charge is 0.229 e. The summed E-state index contributed by atoms with van der Waals surface area (Å²) < 4.78 is 5.39. The van der Waals surface area contributed by atoms with Crippen molar-refractivity contribution in [3.8, 4) is 0 Å². The highest BCUT2D eigenvalue weighted by atomic mass is 16.5. The Labute approximate surface area is 197 Å². The Hall–Kier alpha value is -2.72. The predicted molar refractivity (Wildman–Crippen MR) is 135 cm³/mol. The van der Waals surface area contributed by atoms with E-state index in [-0.39, 0.29) is 5.92 Å². The second-order valence-electron chi connectivity index (χ2n) is 10.1. The topological polar surface area (TPSA) is 51.0 Å². The average Bonchev–Trinajstić information content (AvgIpc) is 3.35. The molecule has 3 unspecified atom stereocenters. The van der Waals surface area contributed by atoms with Crippen LogP contribution < -0.4 is 5.32 Å². The van der Waals surface area contributed by atoms with E-state index in [1.807, 2.05) is 0 Å². The minimum absolute atomic E-state index is 0.259. The van der Waals surface area contributed by atoms with Crippen LogP contribution in [0, 0.1) is 11.8 Å². The average molecular weight is 442 g/mol. The van der Waals surface area contributed by atoms with E-state index in [9.17, 15) is 0 Å². The molecule has 0 radical (unpaired) electrons. The van der Waals surface area contributed by atoms with Gasteiger partial charge in [-0.15, -0.1) is 0 Å². The molecule has 0 aliphatic heterocycles. The molecule has 172 valence electrons. The van der Waals surface area contributed by atoms with Gasteiger partial charge < -0.3 is 9.84 Å². The molecular weight excluding hydrogens is 406 g/mol. The Morgan fingerprint density at radius 2 is 1.88 bits per heavy atom. The van der Waals surface area contributed by atoms with E-state index in [0.717, 1.165) is 23.7 Å². The number of rotatable bonds is 6. The first-order valence-corrected chi connectivity index (χ1v) is 12.5. The third-order valence-electron chi connectivity index (χ3n) is 7.42. The molecule has 0 spiro atoms. The summed E-state index contributed by atoms with van der Waals surface area (Å²) in [5.74, 6) is 3.02. The van der Waals surface area contributed by atoms with Crippen LogP contribution in [0.4, 0.5) is 0 Å². The van der Waals surface area contributed by atoms with Crippen LogP contribution in [0.25, 0.3) is 16.3 Å². The summed E-state index contributed by atoms with van der Waals surface area (Å²) in [7, 11) is 0. The number of nitrogens with zero attached hydrogens (tertiary/aromatic N) is 2. The van der Waals surface area contributed by atoms with Crippen molar-refractivity contribution in [2.24, 2.45) is 11.8 Å². The van der Waals surface area contributed by atoms with Gasteiger partial charge in [0.25, 0.3) is 0 Å². The molecule has 0 amide bonds. The van der Waals surface area contributed by atoms with Crippen molar-refractivity contribution in [1.82, 2.24) is 15.5 Å². The second-order valence-corrected chi connectivity index (χ2v) is 10.1. The van der Waals surface area contributed by atoms with E-state index >= 15 is 0 Å². The standard InChI is InChI=1S/C29H35N3O/c1-19(2)29-31-28(32-33-29)23-16-14-21(15-17-23)24-10-6-11-25(18-24)30-20(3)26-13-7-9-22-8-4-5-12-27(22)26/h4-5,7-9,12-14,16-17,19-21,24-25,30H,6,10-11,15,18H2,1-3H3/t20?,21?,24-,25?/m0/s1. The lowest BCUT2D eigenvalue weighted by atomic mass is 9.74. The summed E-state index contributed by atoms with van der Waals surface area (Å²) in [6, 6.07) is 16.3. The summed E-state index contributed by atoms with van der Waals surface area (Å²) in [6.07, 6.45) is 13.1. The second kappa shape index (κ2) is 9.64. The molecule has 2 aliphatic rings. The highest BCUT2D eigenvalue weighted by Crippen LogP contribution is 2.37. The number of nitrogens with one attached hydrogen (secondary N) is 1. The number of hydrogen-bond donors (Lipinski definition) is 1. The Bertz CT molecular complexity index is 1150. The van der Waals surface area contributed by atoms with Crippen molar-refractivity contribution in [2.45, 2.75) is 70.9 Å². The van der Waals surface area contributed by atoms with Crippen molar-refractivity contribution >= 4 is 16.3 Å². The SMILES string of the molecule is CC(C)c1nc(C2=CCC([C@H]3CCCC(NC(C)c4cccc5ccccc45)C3)C=C2)no1. The van der Waals surface area contributed by atoms with Gasteiger partial charge >= 0.3 is 0 Å². The largest absolute Gasteiger partial charge is 0.339 e. The monoisotopic (exact) mass is 441 g/mol. The molecule has 1 N–H and O–H groups in total. The molecule has 1 saturated carbocycles. The van der Waals surface area contributed by atoms with Crippen LogP contribution in [0.3, 0.4) is 0 Å². The maximum absolute atomic E-state index is 5.39. The molecule has 2 aromatic carbocycles. The van der Waals surface area contributed by atoms with Crippen LogP contribution in [0.1, 0.15) is 82.1 Å². The van der Waals surface area contributed by atoms with Crippen LogP contribution in [0.15, 0.2) is 65.2 Å². The molecule has 1 fully saturated rings. The van der Waals surface area contributed by atoms with Gasteiger partial charge in [-0.25, -0.2) is 0 Å². The van der Waals surface area contributed by atoms with Gasteiger partial charge in [0, 0.05) is 23.6 Å². The number of fused-ring (bicyclic) bond motifs is 1. The van der Waals surface area contributed by atoms with E-state index in [1.54, 1.807) is 0 Å². The molecular formula is C29H35N3O. The first-order chi connectivity index (χ1) is 16.1. The molecule has 0 bridgehead atoms. The number of benzene rings is 2. The van der Waals surface area contributed by atoms with Gasteiger partial charge in [-0.2, -0.15) is 4.98 Å². The minimum Gasteiger partial charge on any atom is -0.339 e. The van der Waals surface area contributed by atoms with Gasteiger partial charge in [-0.1, -0.05) is 86.1 Å². The van der Waals surface area contributed by atoms with Crippen LogP contribution in [0.2, 0.25) is 0 Å². The van der Waals surface area contributed by atoms with Crippen molar-refractivity contribution in [2.75, 3.05) is 0 Å². The normalized spacial score (nSPS) is 24.2. The molecule has 0 saturated heterocycles. The first kappa shape index (κ1) is 22.1. The number of aromatic nitrogens is 2. The number of hydrogen-bond acceptors (Lipinski definition) is 4. The lowest BCUT2D eigenvalue weighted by molar-refractivity contribution is 0.228. The summed E-state index contributed by atoms with van der Waals surface area (Å²) in [5, 5.41) is 10.8. The fraction of sp³-hybridized carbons (Fsp3) is 0.448. The quantitative estimate of drug-likeness (QED) is 0.439. The Balaban J connectivity index is 1.21. The lowest BCUT2D eigenvalue weighted by Gasteiger charge is -2.36. The Morgan fingerprint density at radius 1 is 1.03 bits per heavy atom. The molecule has 2 aliphatic carbocycles. The minimum atomic E-state index is 0.259. The molecule has 1 aromatic heterocycles. The summed E-state index contributed by atoms with van der Waals surface area (Å²) in [6.45, 7) is 6.47. The molecule has 5 rings (SSSR count). The van der Waals surface area contributed by atoms with Crippen LogP contribution in [-0.4, -0.2) is 16.2 Å².